The molecule has 1 atom stereocenters. The number of ether oxygens (including phenoxy) is 1. The Balaban J connectivity index is 2.34. The molecule has 1 aliphatic rings. The molecule has 1 aliphatic heterocycles. The van der Waals surface area contributed by atoms with Crippen LogP contribution in [0.2, 0.25) is 0 Å². The summed E-state index contributed by atoms with van der Waals surface area (Å²) >= 11 is 0. The molecule has 26 heavy (non-hydrogen) atoms. The standard InChI is InChI=1S/C15H20FN3O5S2/c1-3-8-25(20,21)18-14-5-4-12(9-13(14)16)26(22,23)19(2)15(10-17)6-7-24-11-15/h4-5,9,18H,3,6-8,11H2,1-2H3/t15-/m1/s1. The van der Waals surface area contributed by atoms with Crippen LogP contribution in [0.15, 0.2) is 23.1 Å². The van der Waals surface area contributed by atoms with E-state index >= 15 is 0 Å². The minimum absolute atomic E-state index is 0.0728. The van der Waals surface area contributed by atoms with Crippen molar-refractivity contribution in [1.82, 2.24) is 4.31 Å². The van der Waals surface area contributed by atoms with E-state index in [0.29, 0.717) is 6.42 Å². The number of likely N-dealkylation sites (N-methyl/N-ethyl adjacent to an activating group) is 1. The summed E-state index contributed by atoms with van der Waals surface area (Å²) in [5.74, 6) is -1.20. The fraction of sp³-hybridized carbons (Fsp3) is 0.533. The van der Waals surface area contributed by atoms with Crippen LogP contribution in [-0.4, -0.2) is 52.7 Å². The van der Waals surface area contributed by atoms with Gasteiger partial charge in [0.1, 0.15) is 11.4 Å². The molecule has 1 aromatic rings. The third kappa shape index (κ3) is 3.98. The zero-order chi connectivity index (χ0) is 19.6. The van der Waals surface area contributed by atoms with Crippen LogP contribution in [0.1, 0.15) is 19.8 Å². The Kier molecular flexibility index (Phi) is 5.92. The van der Waals surface area contributed by atoms with Gasteiger partial charge in [0.15, 0.2) is 0 Å². The lowest BCUT2D eigenvalue weighted by molar-refractivity contribution is 0.162. The highest BCUT2D eigenvalue weighted by Crippen LogP contribution is 2.31. The van der Waals surface area contributed by atoms with E-state index in [1.807, 2.05) is 6.07 Å². The van der Waals surface area contributed by atoms with E-state index in [0.717, 1.165) is 22.5 Å². The monoisotopic (exact) mass is 405 g/mol. The second-order valence-corrected chi connectivity index (χ2v) is 9.79. The average Bonchev–Trinajstić information content (AvgIpc) is 3.05. The van der Waals surface area contributed by atoms with Crippen LogP contribution in [0, 0.1) is 17.1 Å². The molecule has 0 aliphatic carbocycles. The summed E-state index contributed by atoms with van der Waals surface area (Å²) in [5.41, 5.74) is -1.68. The van der Waals surface area contributed by atoms with Crippen molar-refractivity contribution in [2.24, 2.45) is 0 Å². The Morgan fingerprint density at radius 3 is 2.58 bits per heavy atom. The molecule has 1 saturated heterocycles. The number of anilines is 1. The fourth-order valence-electron chi connectivity index (χ4n) is 2.58. The highest BCUT2D eigenvalue weighted by molar-refractivity contribution is 7.92. The van der Waals surface area contributed by atoms with Gasteiger partial charge in [-0.05, 0) is 24.6 Å². The van der Waals surface area contributed by atoms with Crippen molar-refractivity contribution < 1.29 is 26.0 Å². The van der Waals surface area contributed by atoms with Gasteiger partial charge >= 0.3 is 0 Å². The first-order valence-electron chi connectivity index (χ1n) is 7.86. The van der Waals surface area contributed by atoms with E-state index in [4.69, 9.17) is 4.74 Å². The van der Waals surface area contributed by atoms with Gasteiger partial charge in [-0.2, -0.15) is 9.57 Å². The van der Waals surface area contributed by atoms with Crippen LogP contribution in [0.5, 0.6) is 0 Å². The molecule has 144 valence electrons. The first-order valence-corrected chi connectivity index (χ1v) is 11.0. The summed E-state index contributed by atoms with van der Waals surface area (Å²) in [6, 6.07) is 4.84. The Morgan fingerprint density at radius 2 is 2.08 bits per heavy atom. The Labute approximate surface area is 152 Å². The molecule has 2 rings (SSSR count). The predicted octanol–water partition coefficient (Wildman–Crippen LogP) is 1.28. The number of hydrogen-bond donors (Lipinski definition) is 1. The van der Waals surface area contributed by atoms with E-state index in [1.54, 1.807) is 6.92 Å². The minimum Gasteiger partial charge on any atom is -0.378 e. The maximum absolute atomic E-state index is 14.3. The molecule has 1 aromatic carbocycles. The van der Waals surface area contributed by atoms with Crippen molar-refractivity contribution in [3.63, 3.8) is 0 Å². The quantitative estimate of drug-likeness (QED) is 0.730. The van der Waals surface area contributed by atoms with Crippen molar-refractivity contribution in [3.05, 3.63) is 24.0 Å². The van der Waals surface area contributed by atoms with Crippen LogP contribution >= 0.6 is 0 Å². The molecule has 0 spiro atoms. The van der Waals surface area contributed by atoms with Gasteiger partial charge in [0.25, 0.3) is 0 Å². The normalized spacial score (nSPS) is 20.9. The minimum atomic E-state index is -4.17. The molecule has 1 fully saturated rings. The predicted molar refractivity (Wildman–Crippen MR) is 92.8 cm³/mol. The number of sulfonamides is 2. The van der Waals surface area contributed by atoms with Gasteiger partial charge in [-0.25, -0.2) is 21.2 Å². The SMILES string of the molecule is CCCS(=O)(=O)Nc1ccc(S(=O)(=O)N(C)[C@@]2(C#N)CCOC2)cc1F. The maximum atomic E-state index is 14.3. The summed E-state index contributed by atoms with van der Waals surface area (Å²) in [6.45, 7) is 1.84. The zero-order valence-electron chi connectivity index (χ0n) is 14.4. The molecule has 1 heterocycles. The molecular formula is C15H20FN3O5S2. The summed E-state index contributed by atoms with van der Waals surface area (Å²) in [7, 11) is -6.64. The number of nitrogens with one attached hydrogen (secondary N) is 1. The average molecular weight is 405 g/mol. The van der Waals surface area contributed by atoms with Crippen LogP contribution in [-0.2, 0) is 24.8 Å². The molecule has 0 bridgehead atoms. The van der Waals surface area contributed by atoms with Gasteiger partial charge in [-0.15, -0.1) is 0 Å². The first kappa shape index (κ1) is 20.6. The number of benzene rings is 1. The van der Waals surface area contributed by atoms with Crippen molar-refractivity contribution in [2.45, 2.75) is 30.2 Å². The largest absolute Gasteiger partial charge is 0.378 e. The molecular weight excluding hydrogens is 385 g/mol. The highest BCUT2D eigenvalue weighted by atomic mass is 32.2. The van der Waals surface area contributed by atoms with Gasteiger partial charge in [-0.3, -0.25) is 4.72 Å². The van der Waals surface area contributed by atoms with Crippen molar-refractivity contribution in [1.29, 1.82) is 5.26 Å². The number of rotatable bonds is 7. The molecule has 0 unspecified atom stereocenters. The fourth-order valence-corrected chi connectivity index (χ4v) is 5.17. The van der Waals surface area contributed by atoms with E-state index in [-0.39, 0.29) is 36.0 Å². The first-order chi connectivity index (χ1) is 12.1. The molecule has 0 amide bonds. The lowest BCUT2D eigenvalue weighted by Gasteiger charge is -2.30. The Hall–Kier alpha value is -1.74. The van der Waals surface area contributed by atoms with Crippen molar-refractivity contribution >= 4 is 25.7 Å². The third-order valence-electron chi connectivity index (χ3n) is 4.15. The molecule has 0 saturated carbocycles. The summed E-state index contributed by atoms with van der Waals surface area (Å²) in [4.78, 5) is -0.377. The van der Waals surface area contributed by atoms with E-state index in [9.17, 15) is 26.5 Å². The molecule has 0 radical (unpaired) electrons. The van der Waals surface area contributed by atoms with Gasteiger partial charge in [0, 0.05) is 20.1 Å². The molecule has 11 heteroatoms. The summed E-state index contributed by atoms with van der Waals surface area (Å²) < 4.78 is 71.4. The number of halogens is 1. The summed E-state index contributed by atoms with van der Waals surface area (Å²) in [5, 5.41) is 9.39. The second-order valence-electron chi connectivity index (χ2n) is 5.98. The lowest BCUT2D eigenvalue weighted by Crippen LogP contribution is -2.49. The van der Waals surface area contributed by atoms with Crippen molar-refractivity contribution in [3.8, 4) is 6.07 Å². The smallest absolute Gasteiger partial charge is 0.244 e. The number of nitrogens with zero attached hydrogens (tertiary/aromatic N) is 2. The molecule has 1 N–H and O–H groups in total. The van der Waals surface area contributed by atoms with E-state index < -0.39 is 31.4 Å². The second kappa shape index (κ2) is 7.48. The van der Waals surface area contributed by atoms with E-state index in [1.165, 1.54) is 7.05 Å². The topological polar surface area (TPSA) is 117 Å². The molecule has 0 aromatic heterocycles. The van der Waals surface area contributed by atoms with Crippen LogP contribution < -0.4 is 4.72 Å². The van der Waals surface area contributed by atoms with Gasteiger partial charge in [-0.1, -0.05) is 6.92 Å². The van der Waals surface area contributed by atoms with Crippen molar-refractivity contribution in [2.75, 3.05) is 30.7 Å². The maximum Gasteiger partial charge on any atom is 0.244 e. The Morgan fingerprint density at radius 1 is 1.38 bits per heavy atom. The number of hydrogen-bond acceptors (Lipinski definition) is 6. The van der Waals surface area contributed by atoms with Gasteiger partial charge in [0.2, 0.25) is 20.0 Å². The lowest BCUT2D eigenvalue weighted by atomic mass is 10.0. The van der Waals surface area contributed by atoms with Gasteiger partial charge < -0.3 is 4.74 Å². The summed E-state index contributed by atoms with van der Waals surface area (Å²) in [6.07, 6.45) is 0.559. The van der Waals surface area contributed by atoms with Crippen LogP contribution in [0.4, 0.5) is 10.1 Å². The number of nitriles is 1. The highest BCUT2D eigenvalue weighted by Gasteiger charge is 2.45. The van der Waals surface area contributed by atoms with E-state index in [2.05, 4.69) is 4.72 Å². The Bertz CT molecular complexity index is 919. The molecule has 8 nitrogen and oxygen atoms in total. The van der Waals surface area contributed by atoms with Crippen LogP contribution in [0.25, 0.3) is 0 Å². The zero-order valence-corrected chi connectivity index (χ0v) is 16.0. The third-order valence-corrected chi connectivity index (χ3v) is 7.55. The van der Waals surface area contributed by atoms with Gasteiger partial charge in [0.05, 0.1) is 29.0 Å². The van der Waals surface area contributed by atoms with Crippen LogP contribution in [0.3, 0.4) is 0 Å².